The Hall–Kier alpha value is -2.94. The SMILES string of the molecule is O=C(NCc1ccco1)c1nc(CCS(=O)(=O)c2ccccc2)no1. The zero-order chi connectivity index (χ0) is 17.7. The van der Waals surface area contributed by atoms with Crippen LogP contribution in [0.2, 0.25) is 0 Å². The maximum absolute atomic E-state index is 12.2. The van der Waals surface area contributed by atoms with Gasteiger partial charge in [0, 0.05) is 6.42 Å². The van der Waals surface area contributed by atoms with Crippen molar-refractivity contribution < 1.29 is 22.2 Å². The van der Waals surface area contributed by atoms with Crippen LogP contribution in [0.15, 0.2) is 62.6 Å². The van der Waals surface area contributed by atoms with Crippen molar-refractivity contribution in [1.29, 1.82) is 0 Å². The van der Waals surface area contributed by atoms with Crippen LogP contribution in [-0.4, -0.2) is 30.2 Å². The molecular formula is C16H15N3O5S. The highest BCUT2D eigenvalue weighted by Gasteiger charge is 2.19. The number of hydrogen-bond acceptors (Lipinski definition) is 7. The fourth-order valence-corrected chi connectivity index (χ4v) is 3.33. The van der Waals surface area contributed by atoms with Crippen molar-refractivity contribution in [3.8, 4) is 0 Å². The van der Waals surface area contributed by atoms with Crippen LogP contribution in [0.5, 0.6) is 0 Å². The summed E-state index contributed by atoms with van der Waals surface area (Å²) >= 11 is 0. The van der Waals surface area contributed by atoms with E-state index < -0.39 is 15.7 Å². The summed E-state index contributed by atoms with van der Waals surface area (Å²) in [6.45, 7) is 0.186. The summed E-state index contributed by atoms with van der Waals surface area (Å²) in [5.41, 5.74) is 0. The van der Waals surface area contributed by atoms with E-state index in [2.05, 4.69) is 15.5 Å². The molecule has 0 aliphatic rings. The smallest absolute Gasteiger partial charge is 0.315 e. The molecule has 3 rings (SSSR count). The van der Waals surface area contributed by atoms with E-state index in [1.54, 1.807) is 30.3 Å². The normalized spacial score (nSPS) is 11.4. The minimum absolute atomic E-state index is 0.0478. The van der Waals surface area contributed by atoms with E-state index in [4.69, 9.17) is 8.94 Å². The predicted molar refractivity (Wildman–Crippen MR) is 86.4 cm³/mol. The maximum Gasteiger partial charge on any atom is 0.315 e. The zero-order valence-electron chi connectivity index (χ0n) is 13.1. The van der Waals surface area contributed by atoms with Gasteiger partial charge < -0.3 is 14.3 Å². The third-order valence-corrected chi connectivity index (χ3v) is 5.09. The van der Waals surface area contributed by atoms with Crippen LogP contribution in [0.4, 0.5) is 0 Å². The number of aromatic nitrogens is 2. The predicted octanol–water partition coefficient (Wildman–Crippen LogP) is 1.61. The van der Waals surface area contributed by atoms with E-state index in [1.807, 2.05) is 0 Å². The molecule has 0 fully saturated rings. The van der Waals surface area contributed by atoms with E-state index >= 15 is 0 Å². The van der Waals surface area contributed by atoms with Crippen molar-refractivity contribution in [2.45, 2.75) is 17.9 Å². The molecule has 2 heterocycles. The fourth-order valence-electron chi connectivity index (χ4n) is 2.08. The second-order valence-corrected chi connectivity index (χ2v) is 7.27. The molecule has 0 radical (unpaired) electrons. The number of sulfone groups is 1. The summed E-state index contributed by atoms with van der Waals surface area (Å²) in [5.74, 6) is -0.214. The number of amides is 1. The van der Waals surface area contributed by atoms with Gasteiger partial charge in [-0.25, -0.2) is 8.42 Å². The zero-order valence-corrected chi connectivity index (χ0v) is 13.9. The second kappa shape index (κ2) is 7.31. The third-order valence-electron chi connectivity index (χ3n) is 3.36. The van der Waals surface area contributed by atoms with Gasteiger partial charge in [0.2, 0.25) is 0 Å². The largest absolute Gasteiger partial charge is 0.467 e. The van der Waals surface area contributed by atoms with Crippen LogP contribution < -0.4 is 5.32 Å². The van der Waals surface area contributed by atoms with Crippen LogP contribution in [0.1, 0.15) is 22.3 Å². The number of nitrogens with zero attached hydrogens (tertiary/aromatic N) is 2. The minimum Gasteiger partial charge on any atom is -0.467 e. The Morgan fingerprint density at radius 2 is 1.92 bits per heavy atom. The van der Waals surface area contributed by atoms with Gasteiger partial charge in [0.1, 0.15) is 5.76 Å². The van der Waals surface area contributed by atoms with E-state index in [9.17, 15) is 13.2 Å². The molecule has 0 unspecified atom stereocenters. The molecule has 2 aromatic heterocycles. The molecule has 130 valence electrons. The van der Waals surface area contributed by atoms with Gasteiger partial charge in [-0.05, 0) is 24.3 Å². The number of rotatable bonds is 7. The first-order chi connectivity index (χ1) is 12.0. The van der Waals surface area contributed by atoms with Crippen molar-refractivity contribution in [2.75, 3.05) is 5.75 Å². The molecule has 8 nitrogen and oxygen atoms in total. The second-order valence-electron chi connectivity index (χ2n) is 5.16. The molecule has 0 saturated carbocycles. The number of carbonyl (C=O) groups is 1. The molecule has 1 aromatic carbocycles. The quantitative estimate of drug-likeness (QED) is 0.679. The van der Waals surface area contributed by atoms with Crippen molar-refractivity contribution in [2.24, 2.45) is 0 Å². The van der Waals surface area contributed by atoms with Crippen molar-refractivity contribution in [1.82, 2.24) is 15.5 Å². The minimum atomic E-state index is -3.44. The Bertz CT molecular complexity index is 933. The van der Waals surface area contributed by atoms with E-state index in [0.29, 0.717) is 5.76 Å². The summed E-state index contributed by atoms with van der Waals surface area (Å²) in [6, 6.07) is 11.5. The first-order valence-electron chi connectivity index (χ1n) is 7.45. The van der Waals surface area contributed by atoms with E-state index in [-0.39, 0.29) is 35.3 Å². The van der Waals surface area contributed by atoms with Gasteiger partial charge in [0.15, 0.2) is 15.7 Å². The van der Waals surface area contributed by atoms with Gasteiger partial charge in [-0.2, -0.15) is 4.98 Å². The van der Waals surface area contributed by atoms with Gasteiger partial charge in [0.05, 0.1) is 23.5 Å². The Labute approximate surface area is 143 Å². The summed E-state index contributed by atoms with van der Waals surface area (Å²) in [7, 11) is -3.44. The third kappa shape index (κ3) is 4.32. The Morgan fingerprint density at radius 3 is 2.64 bits per heavy atom. The molecule has 1 N–H and O–H groups in total. The molecule has 0 spiro atoms. The monoisotopic (exact) mass is 361 g/mol. The number of nitrogens with one attached hydrogen (secondary N) is 1. The number of benzene rings is 1. The molecule has 1 amide bonds. The lowest BCUT2D eigenvalue weighted by Gasteiger charge is -2.01. The standard InChI is InChI=1S/C16H15N3O5S/c20-15(17-11-12-5-4-9-23-12)16-18-14(19-24-16)8-10-25(21,22)13-6-2-1-3-7-13/h1-7,9H,8,10-11H2,(H,17,20). The summed E-state index contributed by atoms with van der Waals surface area (Å²) in [4.78, 5) is 16.1. The van der Waals surface area contributed by atoms with Gasteiger partial charge in [-0.15, -0.1) is 0 Å². The molecule has 25 heavy (non-hydrogen) atoms. The van der Waals surface area contributed by atoms with Crippen LogP contribution in [0, 0.1) is 0 Å². The Kier molecular flexibility index (Phi) is 4.94. The highest BCUT2D eigenvalue weighted by Crippen LogP contribution is 2.11. The first kappa shape index (κ1) is 16.9. The van der Waals surface area contributed by atoms with Gasteiger partial charge in [0.25, 0.3) is 0 Å². The van der Waals surface area contributed by atoms with Crippen LogP contribution in [0.25, 0.3) is 0 Å². The number of carbonyl (C=O) groups excluding carboxylic acids is 1. The summed E-state index contributed by atoms with van der Waals surface area (Å²) in [5, 5.41) is 6.21. The maximum atomic E-state index is 12.2. The van der Waals surface area contributed by atoms with Crippen molar-refractivity contribution >= 4 is 15.7 Å². The number of furan rings is 1. The average molecular weight is 361 g/mol. The van der Waals surface area contributed by atoms with Crippen LogP contribution in [-0.2, 0) is 22.8 Å². The molecule has 0 aliphatic heterocycles. The average Bonchev–Trinajstić information content (AvgIpc) is 3.30. The summed E-state index contributed by atoms with van der Waals surface area (Å²) < 4.78 is 34.4. The number of aryl methyl sites for hydroxylation is 1. The van der Waals surface area contributed by atoms with Gasteiger partial charge in [-0.1, -0.05) is 23.4 Å². The molecular weight excluding hydrogens is 346 g/mol. The first-order valence-corrected chi connectivity index (χ1v) is 9.11. The van der Waals surface area contributed by atoms with Gasteiger partial charge >= 0.3 is 11.8 Å². The van der Waals surface area contributed by atoms with Crippen molar-refractivity contribution in [3.63, 3.8) is 0 Å². The van der Waals surface area contributed by atoms with E-state index in [0.717, 1.165) is 0 Å². The molecule has 0 saturated heterocycles. The van der Waals surface area contributed by atoms with Crippen LogP contribution in [0.3, 0.4) is 0 Å². The van der Waals surface area contributed by atoms with Crippen LogP contribution >= 0.6 is 0 Å². The Morgan fingerprint density at radius 1 is 1.12 bits per heavy atom. The molecule has 3 aromatic rings. The lowest BCUT2D eigenvalue weighted by Crippen LogP contribution is -2.23. The number of hydrogen-bond donors (Lipinski definition) is 1. The Balaban J connectivity index is 1.57. The topological polar surface area (TPSA) is 115 Å². The molecule has 0 aliphatic carbocycles. The van der Waals surface area contributed by atoms with E-state index in [1.165, 1.54) is 18.4 Å². The highest BCUT2D eigenvalue weighted by molar-refractivity contribution is 7.91. The fraction of sp³-hybridized carbons (Fsp3) is 0.188. The highest BCUT2D eigenvalue weighted by atomic mass is 32.2. The van der Waals surface area contributed by atoms with Crippen molar-refractivity contribution in [3.05, 3.63) is 66.2 Å². The molecule has 0 atom stereocenters. The summed E-state index contributed by atoms with van der Waals surface area (Å²) in [6.07, 6.45) is 1.55. The molecule has 9 heteroatoms. The molecule has 0 bridgehead atoms. The lowest BCUT2D eigenvalue weighted by atomic mass is 10.4. The lowest BCUT2D eigenvalue weighted by molar-refractivity contribution is 0.0904. The van der Waals surface area contributed by atoms with Gasteiger partial charge in [-0.3, -0.25) is 4.79 Å².